The Morgan fingerprint density at radius 3 is 2.21 bits per heavy atom. The molecule has 4 saturated carbocycles. The van der Waals surface area contributed by atoms with E-state index in [1.807, 2.05) is 11.6 Å². The minimum Gasteiger partial charge on any atom is -0.368 e. The molecule has 0 aromatic carbocycles. The molecule has 102 valence electrons. The van der Waals surface area contributed by atoms with Crippen molar-refractivity contribution in [1.29, 1.82) is 0 Å². The van der Waals surface area contributed by atoms with Gasteiger partial charge in [-0.1, -0.05) is 6.08 Å². The molecule has 5 rings (SSSR count). The molecule has 4 fully saturated rings. The van der Waals surface area contributed by atoms with Crippen LogP contribution in [0.1, 0.15) is 37.9 Å². The molecule has 0 amide bonds. The molecule has 4 aliphatic carbocycles. The van der Waals surface area contributed by atoms with Crippen molar-refractivity contribution >= 4 is 12.0 Å². The highest BCUT2D eigenvalue weighted by Crippen LogP contribution is 2.56. The Balaban J connectivity index is 1.55. The zero-order valence-electron chi connectivity index (χ0n) is 11.5. The largest absolute Gasteiger partial charge is 0.368 e. The highest BCUT2D eigenvalue weighted by molar-refractivity contribution is 5.43. The fourth-order valence-electron chi connectivity index (χ4n) is 4.98. The molecule has 1 aromatic rings. The molecule has 4 nitrogen and oxygen atoms in total. The summed E-state index contributed by atoms with van der Waals surface area (Å²) >= 11 is 0. The van der Waals surface area contributed by atoms with Crippen molar-refractivity contribution in [3.63, 3.8) is 0 Å². The number of allylic oxidation sites excluding steroid dienone is 1. The standard InChI is InChI=1S/C15H22N4/c1-19-14(17-18-15(19)16)3-2-13-11-5-9-4-10(7-11)8-12(13)6-9/h2-3,9-13H,4-8H2,1H3,(H2,16,18)/b3-2+. The summed E-state index contributed by atoms with van der Waals surface area (Å²) in [6, 6.07) is 0. The Hall–Kier alpha value is -1.32. The third-order valence-electron chi connectivity index (χ3n) is 5.71. The van der Waals surface area contributed by atoms with E-state index in [1.54, 1.807) is 0 Å². The normalized spacial score (nSPS) is 40.4. The van der Waals surface area contributed by atoms with Gasteiger partial charge in [-0.2, -0.15) is 0 Å². The molecule has 4 aliphatic rings. The second-order valence-electron chi connectivity index (χ2n) is 6.84. The van der Waals surface area contributed by atoms with Crippen LogP contribution in [0.15, 0.2) is 6.08 Å². The third kappa shape index (κ3) is 1.80. The minimum atomic E-state index is 0.490. The quantitative estimate of drug-likeness (QED) is 0.886. The van der Waals surface area contributed by atoms with Gasteiger partial charge in [0.1, 0.15) is 0 Å². The Bertz CT molecular complexity index is 488. The van der Waals surface area contributed by atoms with Crippen molar-refractivity contribution in [2.75, 3.05) is 5.73 Å². The fourth-order valence-corrected chi connectivity index (χ4v) is 4.98. The molecule has 0 atom stereocenters. The lowest BCUT2D eigenvalue weighted by Gasteiger charge is -2.53. The number of nitrogen functional groups attached to an aromatic ring is 1. The van der Waals surface area contributed by atoms with Gasteiger partial charge in [0, 0.05) is 7.05 Å². The van der Waals surface area contributed by atoms with Crippen LogP contribution in [0.2, 0.25) is 0 Å². The Morgan fingerprint density at radius 2 is 1.68 bits per heavy atom. The van der Waals surface area contributed by atoms with Gasteiger partial charge >= 0.3 is 0 Å². The van der Waals surface area contributed by atoms with Crippen LogP contribution in [0.25, 0.3) is 6.08 Å². The van der Waals surface area contributed by atoms with Crippen molar-refractivity contribution < 1.29 is 0 Å². The average Bonchev–Trinajstić information content (AvgIpc) is 2.69. The molecule has 0 unspecified atom stereocenters. The molecule has 0 spiro atoms. The maximum Gasteiger partial charge on any atom is 0.221 e. The molecule has 4 heteroatoms. The van der Waals surface area contributed by atoms with E-state index in [2.05, 4.69) is 22.3 Å². The summed E-state index contributed by atoms with van der Waals surface area (Å²) in [5, 5.41) is 8.03. The van der Waals surface area contributed by atoms with Crippen LogP contribution in [0, 0.1) is 29.6 Å². The van der Waals surface area contributed by atoms with E-state index in [0.717, 1.165) is 35.4 Å². The topological polar surface area (TPSA) is 56.7 Å². The third-order valence-corrected chi connectivity index (χ3v) is 5.71. The summed E-state index contributed by atoms with van der Waals surface area (Å²) in [6.07, 6.45) is 11.9. The van der Waals surface area contributed by atoms with Gasteiger partial charge in [-0.3, -0.25) is 4.57 Å². The van der Waals surface area contributed by atoms with Gasteiger partial charge in [0.05, 0.1) is 0 Å². The van der Waals surface area contributed by atoms with Crippen LogP contribution in [-0.4, -0.2) is 14.8 Å². The molecular weight excluding hydrogens is 236 g/mol. The molecule has 0 radical (unpaired) electrons. The molecule has 0 saturated heterocycles. The number of hydrogen-bond donors (Lipinski definition) is 1. The molecule has 0 aliphatic heterocycles. The zero-order chi connectivity index (χ0) is 13.0. The molecule has 2 N–H and O–H groups in total. The van der Waals surface area contributed by atoms with Crippen molar-refractivity contribution in [2.45, 2.75) is 32.1 Å². The van der Waals surface area contributed by atoms with Gasteiger partial charge in [-0.15, -0.1) is 10.2 Å². The maximum absolute atomic E-state index is 5.72. The summed E-state index contributed by atoms with van der Waals surface area (Å²) in [7, 11) is 1.92. The highest BCUT2D eigenvalue weighted by Gasteiger charge is 2.47. The summed E-state index contributed by atoms with van der Waals surface area (Å²) in [6.45, 7) is 0. The number of anilines is 1. The zero-order valence-corrected chi connectivity index (χ0v) is 11.5. The lowest BCUT2D eigenvalue weighted by Crippen LogP contribution is -2.44. The number of aromatic nitrogens is 3. The monoisotopic (exact) mass is 258 g/mol. The van der Waals surface area contributed by atoms with E-state index in [-0.39, 0.29) is 0 Å². The first-order valence-corrected chi connectivity index (χ1v) is 7.53. The number of nitrogens with zero attached hydrogens (tertiary/aromatic N) is 3. The smallest absolute Gasteiger partial charge is 0.221 e. The van der Waals surface area contributed by atoms with Gasteiger partial charge < -0.3 is 5.73 Å². The van der Waals surface area contributed by atoms with Gasteiger partial charge in [0.2, 0.25) is 5.95 Å². The van der Waals surface area contributed by atoms with Crippen LogP contribution in [0.5, 0.6) is 0 Å². The van der Waals surface area contributed by atoms with Crippen LogP contribution < -0.4 is 5.73 Å². The fraction of sp³-hybridized carbons (Fsp3) is 0.733. The molecule has 19 heavy (non-hydrogen) atoms. The minimum absolute atomic E-state index is 0.490. The van der Waals surface area contributed by atoms with E-state index >= 15 is 0 Å². The van der Waals surface area contributed by atoms with Crippen LogP contribution in [0.3, 0.4) is 0 Å². The molecule has 1 heterocycles. The first-order valence-electron chi connectivity index (χ1n) is 7.53. The predicted molar refractivity (Wildman–Crippen MR) is 75.0 cm³/mol. The van der Waals surface area contributed by atoms with Crippen LogP contribution in [0.4, 0.5) is 5.95 Å². The first kappa shape index (κ1) is 11.5. The number of rotatable bonds is 2. The SMILES string of the molecule is Cn1c(N)nnc1/C=C/C1C2CC3CC(C2)CC1C3. The second kappa shape index (κ2) is 4.09. The van der Waals surface area contributed by atoms with Crippen molar-refractivity contribution in [2.24, 2.45) is 36.6 Å². The first-order chi connectivity index (χ1) is 9.20. The summed E-state index contributed by atoms with van der Waals surface area (Å²) in [5.41, 5.74) is 5.72. The Kier molecular flexibility index (Phi) is 2.47. The van der Waals surface area contributed by atoms with Crippen molar-refractivity contribution in [3.8, 4) is 0 Å². The Morgan fingerprint density at radius 1 is 1.05 bits per heavy atom. The van der Waals surface area contributed by atoms with Crippen molar-refractivity contribution in [1.82, 2.24) is 14.8 Å². The van der Waals surface area contributed by atoms with E-state index < -0.39 is 0 Å². The second-order valence-corrected chi connectivity index (χ2v) is 6.84. The van der Waals surface area contributed by atoms with E-state index in [1.165, 1.54) is 32.1 Å². The summed E-state index contributed by atoms with van der Waals surface area (Å²) in [4.78, 5) is 0. The van der Waals surface area contributed by atoms with Gasteiger partial charge in [0.25, 0.3) is 0 Å². The van der Waals surface area contributed by atoms with Crippen LogP contribution in [-0.2, 0) is 7.05 Å². The highest BCUT2D eigenvalue weighted by atomic mass is 15.3. The lowest BCUT2D eigenvalue weighted by molar-refractivity contribution is -0.0158. The van der Waals surface area contributed by atoms with E-state index in [9.17, 15) is 0 Å². The van der Waals surface area contributed by atoms with Gasteiger partial charge in [-0.05, 0) is 67.8 Å². The van der Waals surface area contributed by atoms with Crippen LogP contribution >= 0.6 is 0 Å². The van der Waals surface area contributed by atoms with E-state index in [0.29, 0.717) is 5.95 Å². The summed E-state index contributed by atoms with van der Waals surface area (Å²) in [5.74, 6) is 6.08. The Labute approximate surface area is 114 Å². The van der Waals surface area contributed by atoms with E-state index in [4.69, 9.17) is 5.73 Å². The predicted octanol–water partition coefficient (Wildman–Crippen LogP) is 2.48. The maximum atomic E-state index is 5.72. The number of nitrogens with two attached hydrogens (primary N) is 1. The molecule has 4 bridgehead atoms. The number of hydrogen-bond acceptors (Lipinski definition) is 3. The molecular formula is C15H22N4. The summed E-state index contributed by atoms with van der Waals surface area (Å²) < 4.78 is 1.85. The average molecular weight is 258 g/mol. The molecule has 1 aromatic heterocycles. The van der Waals surface area contributed by atoms with Gasteiger partial charge in [0.15, 0.2) is 5.82 Å². The van der Waals surface area contributed by atoms with Crippen molar-refractivity contribution in [3.05, 3.63) is 11.9 Å². The van der Waals surface area contributed by atoms with Gasteiger partial charge in [-0.25, -0.2) is 0 Å². The lowest BCUT2D eigenvalue weighted by atomic mass is 9.52.